The second-order valence-electron chi connectivity index (χ2n) is 5.13. The monoisotopic (exact) mass is 285 g/mol. The Labute approximate surface area is 124 Å². The third-order valence-corrected chi connectivity index (χ3v) is 4.41. The fraction of sp³-hybridized carbons (Fsp3) is 0.375. The Morgan fingerprint density at radius 3 is 2.80 bits per heavy atom. The molecular formula is C16H19N3S. The number of aryl methyl sites for hydroxylation is 2. The summed E-state index contributed by atoms with van der Waals surface area (Å²) in [5, 5.41) is 11.5. The fourth-order valence-electron chi connectivity index (χ4n) is 2.28. The van der Waals surface area contributed by atoms with Gasteiger partial charge in [0.25, 0.3) is 0 Å². The van der Waals surface area contributed by atoms with Crippen LogP contribution in [-0.2, 0) is 6.42 Å². The van der Waals surface area contributed by atoms with Gasteiger partial charge in [0.05, 0.1) is 5.56 Å². The molecule has 4 heteroatoms. The van der Waals surface area contributed by atoms with E-state index in [2.05, 4.69) is 40.4 Å². The molecule has 0 N–H and O–H groups in total. The number of aromatic nitrogens is 1. The number of rotatable bonds is 4. The molecule has 0 aliphatic heterocycles. The molecular weight excluding hydrogens is 266 g/mol. The Morgan fingerprint density at radius 2 is 2.20 bits per heavy atom. The van der Waals surface area contributed by atoms with Crippen LogP contribution in [0.2, 0.25) is 0 Å². The third kappa shape index (κ3) is 3.00. The Bertz CT molecular complexity index is 626. The summed E-state index contributed by atoms with van der Waals surface area (Å²) in [5.41, 5.74) is 2.62. The lowest BCUT2D eigenvalue weighted by atomic mass is 10.1. The predicted molar refractivity (Wildman–Crippen MR) is 84.3 cm³/mol. The molecule has 0 saturated carbocycles. The molecule has 0 saturated heterocycles. The molecule has 20 heavy (non-hydrogen) atoms. The quantitative estimate of drug-likeness (QED) is 0.860. The largest absolute Gasteiger partial charge is 0.355 e. The summed E-state index contributed by atoms with van der Waals surface area (Å²) in [6.07, 6.45) is 0.966. The second-order valence-corrected chi connectivity index (χ2v) is 6.17. The lowest BCUT2D eigenvalue weighted by molar-refractivity contribution is 0.678. The van der Waals surface area contributed by atoms with Gasteiger partial charge < -0.3 is 4.90 Å². The first-order chi connectivity index (χ1) is 9.52. The molecule has 104 valence electrons. The standard InChI is InChI=1S/C16H19N3S/c1-11-8-12(2)18-16(15(11)10-17)19(4)13(3)9-14-6-5-7-20-14/h5-8,13H,9H2,1-4H3. The summed E-state index contributed by atoms with van der Waals surface area (Å²) in [4.78, 5) is 8.03. The number of nitriles is 1. The average molecular weight is 285 g/mol. The van der Waals surface area contributed by atoms with Crippen molar-refractivity contribution in [3.8, 4) is 6.07 Å². The maximum atomic E-state index is 9.36. The highest BCUT2D eigenvalue weighted by molar-refractivity contribution is 7.09. The zero-order chi connectivity index (χ0) is 14.7. The lowest BCUT2D eigenvalue weighted by Gasteiger charge is -2.27. The van der Waals surface area contributed by atoms with E-state index in [1.54, 1.807) is 11.3 Å². The highest BCUT2D eigenvalue weighted by Gasteiger charge is 2.18. The van der Waals surface area contributed by atoms with Crippen molar-refractivity contribution in [1.82, 2.24) is 4.98 Å². The molecule has 1 atom stereocenters. The molecule has 2 aromatic heterocycles. The minimum absolute atomic E-state index is 0.300. The van der Waals surface area contributed by atoms with E-state index >= 15 is 0 Å². The molecule has 3 nitrogen and oxygen atoms in total. The highest BCUT2D eigenvalue weighted by atomic mass is 32.1. The summed E-state index contributed by atoms with van der Waals surface area (Å²) in [6, 6.07) is 8.76. The van der Waals surface area contributed by atoms with Gasteiger partial charge >= 0.3 is 0 Å². The maximum absolute atomic E-state index is 9.36. The third-order valence-electron chi connectivity index (χ3n) is 3.51. The number of likely N-dealkylation sites (N-methyl/N-ethyl adjacent to an activating group) is 1. The van der Waals surface area contributed by atoms with Crippen molar-refractivity contribution < 1.29 is 0 Å². The summed E-state index contributed by atoms with van der Waals surface area (Å²) in [5.74, 6) is 0.786. The van der Waals surface area contributed by atoms with Crippen molar-refractivity contribution >= 4 is 17.2 Å². The van der Waals surface area contributed by atoms with Gasteiger partial charge in [-0.05, 0) is 43.8 Å². The molecule has 0 amide bonds. The van der Waals surface area contributed by atoms with Crippen molar-refractivity contribution in [2.24, 2.45) is 0 Å². The van der Waals surface area contributed by atoms with E-state index < -0.39 is 0 Å². The molecule has 0 fully saturated rings. The van der Waals surface area contributed by atoms with E-state index in [0.717, 1.165) is 23.5 Å². The minimum atomic E-state index is 0.300. The van der Waals surface area contributed by atoms with E-state index in [-0.39, 0.29) is 0 Å². The normalized spacial score (nSPS) is 11.9. The van der Waals surface area contributed by atoms with Crippen molar-refractivity contribution in [3.05, 3.63) is 45.3 Å². The summed E-state index contributed by atoms with van der Waals surface area (Å²) >= 11 is 1.77. The SMILES string of the molecule is Cc1cc(C)c(C#N)c(N(C)C(C)Cc2cccs2)n1. The zero-order valence-corrected chi connectivity index (χ0v) is 13.2. The van der Waals surface area contributed by atoms with Crippen LogP contribution in [0, 0.1) is 25.2 Å². The van der Waals surface area contributed by atoms with Crippen LogP contribution < -0.4 is 4.90 Å². The Kier molecular flexibility index (Phi) is 4.41. The second kappa shape index (κ2) is 6.06. The van der Waals surface area contributed by atoms with Gasteiger partial charge in [0.1, 0.15) is 11.9 Å². The van der Waals surface area contributed by atoms with Crippen LogP contribution >= 0.6 is 11.3 Å². The van der Waals surface area contributed by atoms with Crippen molar-refractivity contribution in [3.63, 3.8) is 0 Å². The molecule has 2 aromatic rings. The number of pyridine rings is 1. The number of thiophene rings is 1. The smallest absolute Gasteiger partial charge is 0.147 e. The van der Waals surface area contributed by atoms with Gasteiger partial charge in [-0.1, -0.05) is 6.07 Å². The molecule has 2 heterocycles. The predicted octanol–water partition coefficient (Wildman–Crippen LogP) is 3.70. The van der Waals surface area contributed by atoms with Crippen LogP contribution in [0.4, 0.5) is 5.82 Å². The van der Waals surface area contributed by atoms with E-state index in [9.17, 15) is 5.26 Å². The maximum Gasteiger partial charge on any atom is 0.147 e. The first-order valence-electron chi connectivity index (χ1n) is 6.66. The van der Waals surface area contributed by atoms with Gasteiger partial charge in [-0.3, -0.25) is 0 Å². The zero-order valence-electron chi connectivity index (χ0n) is 12.3. The first kappa shape index (κ1) is 14.5. The molecule has 0 radical (unpaired) electrons. The summed E-state index contributed by atoms with van der Waals surface area (Å²) < 4.78 is 0. The van der Waals surface area contributed by atoms with E-state index in [1.807, 2.05) is 27.0 Å². The molecule has 0 aliphatic carbocycles. The Morgan fingerprint density at radius 1 is 1.45 bits per heavy atom. The lowest BCUT2D eigenvalue weighted by Crippen LogP contribution is -2.32. The Hall–Kier alpha value is -1.86. The van der Waals surface area contributed by atoms with Crippen LogP contribution in [0.15, 0.2) is 23.6 Å². The Balaban J connectivity index is 2.28. The van der Waals surface area contributed by atoms with Crippen molar-refractivity contribution in [2.45, 2.75) is 33.2 Å². The van der Waals surface area contributed by atoms with Crippen molar-refractivity contribution in [1.29, 1.82) is 5.26 Å². The van der Waals surface area contributed by atoms with E-state index in [0.29, 0.717) is 11.6 Å². The number of hydrogen-bond donors (Lipinski definition) is 0. The van der Waals surface area contributed by atoms with Gasteiger partial charge in [0, 0.05) is 30.1 Å². The minimum Gasteiger partial charge on any atom is -0.355 e. The van der Waals surface area contributed by atoms with E-state index in [4.69, 9.17) is 0 Å². The van der Waals surface area contributed by atoms with Crippen LogP contribution in [-0.4, -0.2) is 18.1 Å². The van der Waals surface area contributed by atoms with Gasteiger partial charge in [0.2, 0.25) is 0 Å². The molecule has 0 spiro atoms. The first-order valence-corrected chi connectivity index (χ1v) is 7.54. The number of nitrogens with zero attached hydrogens (tertiary/aromatic N) is 3. The van der Waals surface area contributed by atoms with Gasteiger partial charge in [0.15, 0.2) is 0 Å². The highest BCUT2D eigenvalue weighted by Crippen LogP contribution is 2.24. The van der Waals surface area contributed by atoms with Gasteiger partial charge in [-0.15, -0.1) is 11.3 Å². The summed E-state index contributed by atoms with van der Waals surface area (Å²) in [7, 11) is 2.01. The van der Waals surface area contributed by atoms with Crippen LogP contribution in [0.25, 0.3) is 0 Å². The van der Waals surface area contributed by atoms with Crippen molar-refractivity contribution in [2.75, 3.05) is 11.9 Å². The average Bonchev–Trinajstić information content (AvgIpc) is 2.89. The van der Waals surface area contributed by atoms with Crippen LogP contribution in [0.3, 0.4) is 0 Å². The van der Waals surface area contributed by atoms with Gasteiger partial charge in [-0.25, -0.2) is 4.98 Å². The topological polar surface area (TPSA) is 39.9 Å². The fourth-order valence-corrected chi connectivity index (χ4v) is 3.10. The molecule has 2 rings (SSSR count). The van der Waals surface area contributed by atoms with Gasteiger partial charge in [-0.2, -0.15) is 5.26 Å². The molecule has 0 aliphatic rings. The number of hydrogen-bond acceptors (Lipinski definition) is 4. The van der Waals surface area contributed by atoms with Crippen LogP contribution in [0.5, 0.6) is 0 Å². The van der Waals surface area contributed by atoms with Crippen LogP contribution in [0.1, 0.15) is 28.6 Å². The number of anilines is 1. The molecule has 0 aromatic carbocycles. The van der Waals surface area contributed by atoms with E-state index in [1.165, 1.54) is 4.88 Å². The molecule has 1 unspecified atom stereocenters. The molecule has 0 bridgehead atoms. The summed E-state index contributed by atoms with van der Waals surface area (Å²) in [6.45, 7) is 6.10.